The first-order valence-electron chi connectivity index (χ1n) is 8.83. The van der Waals surface area contributed by atoms with Crippen LogP contribution in [-0.2, 0) is 20.5 Å². The molecule has 0 bridgehead atoms. The summed E-state index contributed by atoms with van der Waals surface area (Å²) in [6, 6.07) is 0. The van der Waals surface area contributed by atoms with Crippen LogP contribution in [0.5, 0.6) is 0 Å². The van der Waals surface area contributed by atoms with E-state index in [4.69, 9.17) is 10.5 Å². The Balaban J connectivity index is 0.00000127. The zero-order chi connectivity index (χ0) is 17.3. The molecule has 2 aliphatic rings. The van der Waals surface area contributed by atoms with Gasteiger partial charge in [0.1, 0.15) is 0 Å². The lowest BCUT2D eigenvalue weighted by molar-refractivity contribution is -0.148. The zero-order valence-electron chi connectivity index (χ0n) is 14.9. The monoisotopic (exact) mass is 347 g/mol. The fourth-order valence-corrected chi connectivity index (χ4v) is 4.23. The van der Waals surface area contributed by atoms with Crippen molar-refractivity contribution in [1.82, 2.24) is 9.21 Å². The van der Waals surface area contributed by atoms with Crippen LogP contribution in [0.2, 0.25) is 0 Å². The summed E-state index contributed by atoms with van der Waals surface area (Å²) in [6.07, 6.45) is 2.32. The van der Waals surface area contributed by atoms with Gasteiger partial charge in [-0.2, -0.15) is 0 Å². The summed E-state index contributed by atoms with van der Waals surface area (Å²) in [4.78, 5) is 14.7. The predicted octanol–water partition coefficient (Wildman–Crippen LogP) is 0.986. The highest BCUT2D eigenvalue weighted by atomic mass is 32.2. The van der Waals surface area contributed by atoms with Crippen molar-refractivity contribution in [3.05, 3.63) is 0 Å². The lowest BCUT2D eigenvalue weighted by atomic mass is 9.77. The molecule has 7 heteroatoms. The van der Waals surface area contributed by atoms with Gasteiger partial charge in [0.25, 0.3) is 0 Å². The Bertz CT molecular complexity index is 379. The molecule has 0 spiro atoms. The summed E-state index contributed by atoms with van der Waals surface area (Å²) in [7, 11) is -0.912. The second-order valence-electron chi connectivity index (χ2n) is 5.84. The molecule has 0 saturated carbocycles. The van der Waals surface area contributed by atoms with Crippen LogP contribution >= 0.6 is 0 Å². The summed E-state index contributed by atoms with van der Waals surface area (Å²) in [6.45, 7) is 10.3. The number of nitrogens with two attached hydrogens (primary N) is 1. The summed E-state index contributed by atoms with van der Waals surface area (Å²) >= 11 is 0. The highest BCUT2D eigenvalue weighted by Crippen LogP contribution is 2.33. The van der Waals surface area contributed by atoms with E-state index in [9.17, 15) is 9.00 Å². The molecular formula is C16H33N3O3S. The van der Waals surface area contributed by atoms with E-state index in [1.165, 1.54) is 0 Å². The highest BCUT2D eigenvalue weighted by Gasteiger charge is 2.43. The molecule has 23 heavy (non-hydrogen) atoms. The van der Waals surface area contributed by atoms with Gasteiger partial charge in [-0.25, -0.2) is 8.51 Å². The van der Waals surface area contributed by atoms with Crippen LogP contribution in [0.1, 0.15) is 40.0 Å². The SMILES string of the molecule is CC.CCCS(=O)N1CCC(CN)(C(=O)N2CCOCC2)CC1. The molecule has 2 aliphatic heterocycles. The largest absolute Gasteiger partial charge is 0.378 e. The Morgan fingerprint density at radius 2 is 1.74 bits per heavy atom. The van der Waals surface area contributed by atoms with Crippen molar-refractivity contribution >= 4 is 16.9 Å². The van der Waals surface area contributed by atoms with Crippen LogP contribution in [0.3, 0.4) is 0 Å². The average molecular weight is 348 g/mol. The smallest absolute Gasteiger partial charge is 0.230 e. The van der Waals surface area contributed by atoms with E-state index in [0.29, 0.717) is 64.5 Å². The first-order valence-corrected chi connectivity index (χ1v) is 10.1. The maximum absolute atomic E-state index is 12.8. The molecule has 2 saturated heterocycles. The highest BCUT2D eigenvalue weighted by molar-refractivity contribution is 7.82. The number of amides is 1. The molecule has 0 radical (unpaired) electrons. The molecule has 1 amide bonds. The Labute approximate surface area is 143 Å². The van der Waals surface area contributed by atoms with Gasteiger partial charge in [0.15, 0.2) is 0 Å². The minimum absolute atomic E-state index is 0.161. The molecule has 0 aromatic rings. The Morgan fingerprint density at radius 3 is 2.22 bits per heavy atom. The standard InChI is InChI=1S/C14H27N3O3S.C2H6/c1-2-11-21(19)17-5-3-14(12-15,4-6-17)13(18)16-7-9-20-10-8-16;1-2/h2-12,15H2,1H3;1-2H3. The average Bonchev–Trinajstić information content (AvgIpc) is 2.63. The van der Waals surface area contributed by atoms with Crippen molar-refractivity contribution in [2.75, 3.05) is 51.7 Å². The third-order valence-electron chi connectivity index (χ3n) is 4.49. The van der Waals surface area contributed by atoms with Gasteiger partial charge in [-0.05, 0) is 19.3 Å². The molecule has 2 rings (SSSR count). The van der Waals surface area contributed by atoms with Crippen LogP contribution in [0.25, 0.3) is 0 Å². The number of nitrogens with zero attached hydrogens (tertiary/aromatic N) is 2. The molecule has 0 aromatic heterocycles. The van der Waals surface area contributed by atoms with Gasteiger partial charge >= 0.3 is 0 Å². The topological polar surface area (TPSA) is 75.9 Å². The normalized spacial score (nSPS) is 22.9. The van der Waals surface area contributed by atoms with Crippen molar-refractivity contribution in [2.24, 2.45) is 11.1 Å². The van der Waals surface area contributed by atoms with E-state index in [1.54, 1.807) is 0 Å². The van der Waals surface area contributed by atoms with Gasteiger partial charge in [0, 0.05) is 38.5 Å². The summed E-state index contributed by atoms with van der Waals surface area (Å²) < 4.78 is 19.4. The molecule has 2 N–H and O–H groups in total. The van der Waals surface area contributed by atoms with E-state index in [0.717, 1.165) is 6.42 Å². The Morgan fingerprint density at radius 1 is 1.17 bits per heavy atom. The maximum atomic E-state index is 12.8. The number of rotatable bonds is 5. The van der Waals surface area contributed by atoms with Crippen molar-refractivity contribution in [1.29, 1.82) is 0 Å². The van der Waals surface area contributed by atoms with E-state index >= 15 is 0 Å². The fourth-order valence-electron chi connectivity index (χ4n) is 3.03. The minimum atomic E-state index is -0.912. The van der Waals surface area contributed by atoms with E-state index in [2.05, 4.69) is 0 Å². The number of carbonyl (C=O) groups is 1. The number of ether oxygens (including phenoxy) is 1. The first-order chi connectivity index (χ1) is 11.1. The van der Waals surface area contributed by atoms with Crippen molar-refractivity contribution in [3.63, 3.8) is 0 Å². The third kappa shape index (κ3) is 5.24. The minimum Gasteiger partial charge on any atom is -0.378 e. The van der Waals surface area contributed by atoms with Crippen LogP contribution in [0.4, 0.5) is 0 Å². The van der Waals surface area contributed by atoms with E-state index in [1.807, 2.05) is 30.0 Å². The molecule has 136 valence electrons. The van der Waals surface area contributed by atoms with Gasteiger partial charge in [-0.3, -0.25) is 4.79 Å². The number of piperidine rings is 1. The third-order valence-corrected chi connectivity index (χ3v) is 6.19. The lowest BCUT2D eigenvalue weighted by Crippen LogP contribution is -2.55. The van der Waals surface area contributed by atoms with Crippen LogP contribution < -0.4 is 5.73 Å². The van der Waals surface area contributed by atoms with E-state index in [-0.39, 0.29) is 5.91 Å². The predicted molar refractivity (Wildman–Crippen MR) is 94.3 cm³/mol. The Hall–Kier alpha value is -0.500. The zero-order valence-corrected chi connectivity index (χ0v) is 15.7. The number of hydrogen-bond donors (Lipinski definition) is 1. The van der Waals surface area contributed by atoms with Crippen molar-refractivity contribution < 1.29 is 13.7 Å². The van der Waals surface area contributed by atoms with Gasteiger partial charge in [-0.15, -0.1) is 0 Å². The number of carbonyl (C=O) groups excluding carboxylic acids is 1. The fraction of sp³-hybridized carbons (Fsp3) is 0.938. The second-order valence-corrected chi connectivity index (χ2v) is 7.41. The molecule has 0 aromatic carbocycles. The summed E-state index contributed by atoms with van der Waals surface area (Å²) in [5.74, 6) is 0.863. The first kappa shape index (κ1) is 20.5. The van der Waals surface area contributed by atoms with Crippen LogP contribution in [0, 0.1) is 5.41 Å². The summed E-state index contributed by atoms with van der Waals surface area (Å²) in [5, 5.41) is 0. The van der Waals surface area contributed by atoms with E-state index < -0.39 is 16.4 Å². The van der Waals surface area contributed by atoms with Crippen molar-refractivity contribution in [2.45, 2.75) is 40.0 Å². The maximum Gasteiger partial charge on any atom is 0.230 e. The summed E-state index contributed by atoms with van der Waals surface area (Å²) in [5.41, 5.74) is 5.48. The molecule has 0 aliphatic carbocycles. The second kappa shape index (κ2) is 10.4. The number of morpholine rings is 1. The lowest BCUT2D eigenvalue weighted by Gasteiger charge is -2.42. The van der Waals surface area contributed by atoms with Crippen LogP contribution in [0.15, 0.2) is 0 Å². The molecular weight excluding hydrogens is 314 g/mol. The molecule has 2 fully saturated rings. The molecule has 2 heterocycles. The van der Waals surface area contributed by atoms with Gasteiger partial charge < -0.3 is 15.4 Å². The Kier molecular flexibility index (Phi) is 9.27. The quantitative estimate of drug-likeness (QED) is 0.804. The van der Waals surface area contributed by atoms with Crippen molar-refractivity contribution in [3.8, 4) is 0 Å². The molecule has 1 unspecified atom stereocenters. The number of hydrogen-bond acceptors (Lipinski definition) is 4. The van der Waals surface area contributed by atoms with Gasteiger partial charge in [0.2, 0.25) is 5.91 Å². The van der Waals surface area contributed by atoms with Gasteiger partial charge in [0.05, 0.1) is 29.6 Å². The molecule has 6 nitrogen and oxygen atoms in total. The van der Waals surface area contributed by atoms with Crippen LogP contribution in [-0.4, -0.2) is 71.0 Å². The molecule has 1 atom stereocenters. The van der Waals surface area contributed by atoms with Gasteiger partial charge in [-0.1, -0.05) is 20.8 Å².